The van der Waals surface area contributed by atoms with E-state index in [-0.39, 0.29) is 6.23 Å². The van der Waals surface area contributed by atoms with Crippen LogP contribution in [0.2, 0.25) is 0 Å². The topological polar surface area (TPSA) is 27.1 Å². The second-order valence-electron chi connectivity index (χ2n) is 3.37. The molecular weight excluding hydrogens is 279 g/mol. The molecule has 1 fully saturated rings. The van der Waals surface area contributed by atoms with Gasteiger partial charge in [0.2, 0.25) is 0 Å². The summed E-state index contributed by atoms with van der Waals surface area (Å²) in [6, 6.07) is 2.08. The predicted molar refractivity (Wildman–Crippen MR) is 58.5 cm³/mol. The molecule has 0 radical (unpaired) electrons. The molecule has 13 heavy (non-hydrogen) atoms. The largest absolute Gasteiger partial charge is 0.356 e. The molecule has 72 valence electrons. The molecule has 0 N–H and O–H groups in total. The van der Waals surface area contributed by atoms with Gasteiger partial charge in [0.05, 0.1) is 5.69 Å². The molecule has 1 aliphatic rings. The van der Waals surface area contributed by atoms with Gasteiger partial charge >= 0.3 is 0 Å². The Hall–Kier alpha value is -0.100. The van der Waals surface area contributed by atoms with Gasteiger partial charge in [0.25, 0.3) is 0 Å². The van der Waals surface area contributed by atoms with Gasteiger partial charge in [-0.1, -0.05) is 0 Å². The van der Waals surface area contributed by atoms with Crippen LogP contribution >= 0.6 is 22.6 Å². The van der Waals surface area contributed by atoms with Gasteiger partial charge in [0.1, 0.15) is 3.70 Å². The van der Waals surface area contributed by atoms with Gasteiger partial charge in [-0.15, -0.1) is 0 Å². The number of halogens is 1. The van der Waals surface area contributed by atoms with Crippen LogP contribution in [0.5, 0.6) is 0 Å². The smallest absolute Gasteiger partial charge is 0.151 e. The fourth-order valence-corrected chi connectivity index (χ4v) is 2.47. The van der Waals surface area contributed by atoms with Crippen molar-refractivity contribution in [3.05, 3.63) is 15.5 Å². The Morgan fingerprint density at radius 3 is 3.00 bits per heavy atom. The quantitative estimate of drug-likeness (QED) is 0.744. The molecule has 1 aliphatic heterocycles. The van der Waals surface area contributed by atoms with Gasteiger partial charge in [-0.05, 0) is 54.8 Å². The molecule has 1 aromatic heterocycles. The highest BCUT2D eigenvalue weighted by atomic mass is 127. The zero-order chi connectivity index (χ0) is 9.26. The number of hydrogen-bond acceptors (Lipinski definition) is 2. The Labute approximate surface area is 91.6 Å². The average Bonchev–Trinajstić information content (AvgIpc) is 2.47. The van der Waals surface area contributed by atoms with Crippen LogP contribution in [0, 0.1) is 10.6 Å². The van der Waals surface area contributed by atoms with Crippen molar-refractivity contribution in [2.75, 3.05) is 6.61 Å². The highest BCUT2D eigenvalue weighted by Crippen LogP contribution is 2.24. The molecule has 0 unspecified atom stereocenters. The molecule has 2 rings (SSSR count). The van der Waals surface area contributed by atoms with E-state index in [1.165, 1.54) is 16.5 Å². The molecule has 1 saturated heterocycles. The van der Waals surface area contributed by atoms with Gasteiger partial charge < -0.3 is 4.74 Å². The molecule has 4 heteroatoms. The maximum Gasteiger partial charge on any atom is 0.151 e. The van der Waals surface area contributed by atoms with Gasteiger partial charge in [0, 0.05) is 6.61 Å². The zero-order valence-electron chi connectivity index (χ0n) is 7.66. The lowest BCUT2D eigenvalue weighted by Crippen LogP contribution is -2.20. The summed E-state index contributed by atoms with van der Waals surface area (Å²) >= 11 is 2.30. The Kier molecular flexibility index (Phi) is 2.88. The van der Waals surface area contributed by atoms with E-state index in [2.05, 4.69) is 33.8 Å². The van der Waals surface area contributed by atoms with Crippen molar-refractivity contribution < 1.29 is 4.74 Å². The van der Waals surface area contributed by atoms with Crippen LogP contribution in [0.3, 0.4) is 0 Å². The molecule has 0 aromatic carbocycles. The molecule has 0 spiro atoms. The van der Waals surface area contributed by atoms with Crippen LogP contribution in [0.4, 0.5) is 0 Å². The molecule has 1 aromatic rings. The third kappa shape index (κ3) is 2.04. The monoisotopic (exact) mass is 292 g/mol. The van der Waals surface area contributed by atoms with Crippen molar-refractivity contribution >= 4 is 22.6 Å². The number of aryl methyl sites for hydroxylation is 1. The van der Waals surface area contributed by atoms with Crippen molar-refractivity contribution in [2.24, 2.45) is 0 Å². The van der Waals surface area contributed by atoms with Crippen molar-refractivity contribution in [1.29, 1.82) is 0 Å². The number of hydrogen-bond donors (Lipinski definition) is 0. The van der Waals surface area contributed by atoms with Crippen molar-refractivity contribution in [3.63, 3.8) is 0 Å². The van der Waals surface area contributed by atoms with E-state index in [0.29, 0.717) is 0 Å². The second kappa shape index (κ2) is 3.96. The summed E-state index contributed by atoms with van der Waals surface area (Å²) in [7, 11) is 0. The van der Waals surface area contributed by atoms with Gasteiger partial charge in [-0.25, -0.2) is 4.68 Å². The van der Waals surface area contributed by atoms with Gasteiger partial charge in [-0.3, -0.25) is 0 Å². The summed E-state index contributed by atoms with van der Waals surface area (Å²) in [6.45, 7) is 2.89. The summed E-state index contributed by atoms with van der Waals surface area (Å²) in [4.78, 5) is 0. The van der Waals surface area contributed by atoms with E-state index in [4.69, 9.17) is 4.74 Å². The van der Waals surface area contributed by atoms with Crippen LogP contribution in [-0.2, 0) is 4.74 Å². The molecule has 0 aliphatic carbocycles. The highest BCUT2D eigenvalue weighted by Gasteiger charge is 2.18. The summed E-state index contributed by atoms with van der Waals surface area (Å²) in [5.41, 5.74) is 1.07. The minimum absolute atomic E-state index is 0.175. The standard InChI is InChI=1S/C9H13IN2O/c1-7-6-8(10)12(11-7)9-4-2-3-5-13-9/h6,9H,2-5H2,1H3/t9-/m1/s1. The Morgan fingerprint density at radius 2 is 2.46 bits per heavy atom. The predicted octanol–water partition coefficient (Wildman–Crippen LogP) is 2.50. The fraction of sp³-hybridized carbons (Fsp3) is 0.667. The lowest BCUT2D eigenvalue weighted by Gasteiger charge is -2.23. The highest BCUT2D eigenvalue weighted by molar-refractivity contribution is 14.1. The van der Waals surface area contributed by atoms with Crippen molar-refractivity contribution in [2.45, 2.75) is 32.4 Å². The molecule has 2 heterocycles. The van der Waals surface area contributed by atoms with Crippen LogP contribution < -0.4 is 0 Å². The van der Waals surface area contributed by atoms with Gasteiger partial charge in [0.15, 0.2) is 6.23 Å². The molecule has 3 nitrogen and oxygen atoms in total. The second-order valence-corrected chi connectivity index (χ2v) is 4.48. The molecule has 1 atom stereocenters. The molecule has 0 amide bonds. The average molecular weight is 292 g/mol. The third-order valence-electron chi connectivity index (χ3n) is 2.24. The summed E-state index contributed by atoms with van der Waals surface area (Å²) in [6.07, 6.45) is 3.71. The first-order valence-electron chi connectivity index (χ1n) is 4.60. The Morgan fingerprint density at radius 1 is 1.62 bits per heavy atom. The normalized spacial score (nSPS) is 23.4. The van der Waals surface area contributed by atoms with Gasteiger partial charge in [-0.2, -0.15) is 5.10 Å². The summed E-state index contributed by atoms with van der Waals surface area (Å²) in [5, 5.41) is 4.42. The first-order valence-corrected chi connectivity index (χ1v) is 5.68. The van der Waals surface area contributed by atoms with Crippen molar-refractivity contribution in [1.82, 2.24) is 9.78 Å². The van der Waals surface area contributed by atoms with E-state index in [0.717, 1.165) is 18.7 Å². The SMILES string of the molecule is Cc1cc(I)n([C@H]2CCCCO2)n1. The first kappa shape index (κ1) is 9.45. The Bertz CT molecular complexity index is 292. The number of aromatic nitrogens is 2. The summed E-state index contributed by atoms with van der Waals surface area (Å²) < 4.78 is 8.82. The molecule has 0 bridgehead atoms. The summed E-state index contributed by atoms with van der Waals surface area (Å²) in [5.74, 6) is 0. The maximum atomic E-state index is 5.65. The fourth-order valence-electron chi connectivity index (χ4n) is 1.60. The van der Waals surface area contributed by atoms with E-state index < -0.39 is 0 Å². The zero-order valence-corrected chi connectivity index (χ0v) is 9.82. The van der Waals surface area contributed by atoms with Crippen LogP contribution in [-0.4, -0.2) is 16.4 Å². The van der Waals surface area contributed by atoms with Crippen LogP contribution in [0.25, 0.3) is 0 Å². The van der Waals surface area contributed by atoms with E-state index >= 15 is 0 Å². The number of rotatable bonds is 1. The van der Waals surface area contributed by atoms with E-state index in [9.17, 15) is 0 Å². The Balaban J connectivity index is 2.18. The minimum Gasteiger partial charge on any atom is -0.356 e. The first-order chi connectivity index (χ1) is 6.27. The minimum atomic E-state index is 0.175. The maximum absolute atomic E-state index is 5.65. The lowest BCUT2D eigenvalue weighted by atomic mass is 10.2. The van der Waals surface area contributed by atoms with E-state index in [1.54, 1.807) is 0 Å². The third-order valence-corrected chi connectivity index (χ3v) is 3.05. The van der Waals surface area contributed by atoms with Crippen LogP contribution in [0.15, 0.2) is 6.07 Å². The molecule has 0 saturated carbocycles. The lowest BCUT2D eigenvalue weighted by molar-refractivity contribution is -0.0412. The van der Waals surface area contributed by atoms with Crippen molar-refractivity contribution in [3.8, 4) is 0 Å². The number of nitrogens with zero attached hydrogens (tertiary/aromatic N) is 2. The molecular formula is C9H13IN2O. The van der Waals surface area contributed by atoms with E-state index in [1.807, 2.05) is 11.6 Å². The number of ether oxygens (including phenoxy) is 1. The van der Waals surface area contributed by atoms with Crippen LogP contribution in [0.1, 0.15) is 31.2 Å².